The molecule has 0 fully saturated rings. The summed E-state index contributed by atoms with van der Waals surface area (Å²) in [5, 5.41) is 24.4. The van der Waals surface area contributed by atoms with Crippen molar-refractivity contribution >= 4 is 23.6 Å². The molecule has 0 bridgehead atoms. The lowest BCUT2D eigenvalue weighted by molar-refractivity contribution is -0.145. The number of aliphatic hydroxyl groups is 2. The van der Waals surface area contributed by atoms with E-state index in [9.17, 15) is 29.4 Å². The predicted octanol–water partition coefficient (Wildman–Crippen LogP) is -0.804. The minimum Gasteiger partial charge on any atom is -0.380 e. The van der Waals surface area contributed by atoms with E-state index in [1.165, 1.54) is 12.4 Å². The van der Waals surface area contributed by atoms with Crippen molar-refractivity contribution in [2.45, 2.75) is 37.1 Å². The molecule has 198 valence electrons. The van der Waals surface area contributed by atoms with Crippen molar-refractivity contribution in [2.24, 2.45) is 11.5 Å². The first-order valence-corrected chi connectivity index (χ1v) is 11.7. The number of benzene rings is 2. The van der Waals surface area contributed by atoms with E-state index in [4.69, 9.17) is 11.5 Å². The molecule has 2 aromatic carbocycles. The topological polar surface area (TPSA) is 198 Å². The highest BCUT2D eigenvalue weighted by Gasteiger charge is 2.33. The van der Waals surface area contributed by atoms with E-state index in [1.807, 2.05) is 54.6 Å². The van der Waals surface area contributed by atoms with Gasteiger partial charge in [-0.1, -0.05) is 60.7 Å². The lowest BCUT2D eigenvalue weighted by Crippen LogP contribution is -2.57. The normalized spacial score (nSPS) is 13.9. The SMILES string of the molecule is NC(=O)[C@H](Cc1ccc(-c2ccccc2)cc1)NC(=O)[C@@H](Cc1cccnc1)NC(=O)[C@H](O)[C@@H](O)C(N)=O. The van der Waals surface area contributed by atoms with Crippen molar-refractivity contribution in [1.82, 2.24) is 15.6 Å². The van der Waals surface area contributed by atoms with Crippen LogP contribution in [-0.2, 0) is 32.0 Å². The number of amides is 4. The van der Waals surface area contributed by atoms with E-state index in [1.54, 1.807) is 12.1 Å². The molecule has 0 radical (unpaired) electrons. The van der Waals surface area contributed by atoms with Gasteiger partial charge >= 0.3 is 0 Å². The molecule has 4 atom stereocenters. The number of carbonyl (C=O) groups is 4. The number of pyridine rings is 1. The molecule has 0 unspecified atom stereocenters. The molecule has 3 aromatic rings. The van der Waals surface area contributed by atoms with Crippen LogP contribution in [0.3, 0.4) is 0 Å². The molecule has 0 aliphatic carbocycles. The molecule has 0 spiro atoms. The Balaban J connectivity index is 1.74. The van der Waals surface area contributed by atoms with E-state index >= 15 is 0 Å². The summed E-state index contributed by atoms with van der Waals surface area (Å²) in [6.45, 7) is 0. The van der Waals surface area contributed by atoms with Gasteiger partial charge in [-0.3, -0.25) is 24.2 Å². The highest BCUT2D eigenvalue weighted by molar-refractivity contribution is 5.95. The van der Waals surface area contributed by atoms with E-state index in [0.717, 1.165) is 16.7 Å². The Kier molecular flexibility index (Phi) is 9.63. The average molecular weight is 520 g/mol. The van der Waals surface area contributed by atoms with Crippen molar-refractivity contribution in [3.05, 3.63) is 90.3 Å². The van der Waals surface area contributed by atoms with E-state index < -0.39 is 47.9 Å². The number of rotatable bonds is 12. The molecule has 0 saturated carbocycles. The van der Waals surface area contributed by atoms with Crippen LogP contribution in [0.1, 0.15) is 11.1 Å². The van der Waals surface area contributed by atoms with Crippen LogP contribution < -0.4 is 22.1 Å². The maximum absolute atomic E-state index is 13.2. The molecule has 0 aliphatic rings. The van der Waals surface area contributed by atoms with Crippen LogP contribution in [-0.4, -0.2) is 63.1 Å². The van der Waals surface area contributed by atoms with Crippen LogP contribution in [0.25, 0.3) is 11.1 Å². The number of nitrogens with two attached hydrogens (primary N) is 2. The summed E-state index contributed by atoms with van der Waals surface area (Å²) in [6.07, 6.45) is -1.35. The lowest BCUT2D eigenvalue weighted by atomic mass is 9.99. The highest BCUT2D eigenvalue weighted by Crippen LogP contribution is 2.19. The molecule has 0 aliphatic heterocycles. The summed E-state index contributed by atoms with van der Waals surface area (Å²) in [5.41, 5.74) is 13.8. The fourth-order valence-corrected chi connectivity index (χ4v) is 3.71. The standard InChI is InChI=1S/C27H29N5O6/c28-24(35)20(13-16-8-10-19(11-9-16)18-6-2-1-3-7-18)31-26(37)21(14-17-5-4-12-30-15-17)32-27(38)23(34)22(33)25(29)36/h1-12,15,20-23,33-34H,13-14H2,(H2,28,35)(H2,29,36)(H,31,37)(H,32,38)/t20-,21+,22+,23+/m0/s1. The Bertz CT molecular complexity index is 1250. The summed E-state index contributed by atoms with van der Waals surface area (Å²) >= 11 is 0. The minimum atomic E-state index is -2.20. The molecular formula is C27H29N5O6. The van der Waals surface area contributed by atoms with Crippen molar-refractivity contribution in [1.29, 1.82) is 0 Å². The summed E-state index contributed by atoms with van der Waals surface area (Å²) in [4.78, 5) is 52.9. The summed E-state index contributed by atoms with van der Waals surface area (Å²) in [7, 11) is 0. The second-order valence-electron chi connectivity index (χ2n) is 8.65. The quantitative estimate of drug-likeness (QED) is 0.180. The van der Waals surface area contributed by atoms with Crippen molar-refractivity contribution in [2.75, 3.05) is 0 Å². The molecular weight excluding hydrogens is 490 g/mol. The van der Waals surface area contributed by atoms with Crippen molar-refractivity contribution in [3.8, 4) is 11.1 Å². The summed E-state index contributed by atoms with van der Waals surface area (Å²) < 4.78 is 0. The minimum absolute atomic E-state index is 0.0674. The third kappa shape index (κ3) is 7.69. The Morgan fingerprint density at radius 3 is 1.87 bits per heavy atom. The number of hydrogen-bond donors (Lipinski definition) is 6. The van der Waals surface area contributed by atoms with Gasteiger partial charge in [0.1, 0.15) is 12.1 Å². The van der Waals surface area contributed by atoms with E-state index in [2.05, 4.69) is 15.6 Å². The Labute approximate surface area is 218 Å². The smallest absolute Gasteiger partial charge is 0.252 e. The van der Waals surface area contributed by atoms with Crippen molar-refractivity contribution < 1.29 is 29.4 Å². The van der Waals surface area contributed by atoms with Crippen LogP contribution in [0, 0.1) is 0 Å². The number of aliphatic hydroxyl groups excluding tert-OH is 2. The lowest BCUT2D eigenvalue weighted by Gasteiger charge is -2.24. The third-order valence-corrected chi connectivity index (χ3v) is 5.82. The maximum Gasteiger partial charge on any atom is 0.252 e. The van der Waals surface area contributed by atoms with Gasteiger partial charge in [0.15, 0.2) is 12.2 Å². The first-order valence-electron chi connectivity index (χ1n) is 11.7. The maximum atomic E-state index is 13.2. The number of hydrogen-bond acceptors (Lipinski definition) is 7. The molecule has 11 heteroatoms. The zero-order valence-corrected chi connectivity index (χ0v) is 20.4. The van der Waals surface area contributed by atoms with E-state index in [-0.39, 0.29) is 12.8 Å². The Morgan fingerprint density at radius 1 is 0.684 bits per heavy atom. The monoisotopic (exact) mass is 519 g/mol. The Morgan fingerprint density at radius 2 is 1.29 bits per heavy atom. The number of carbonyl (C=O) groups excluding carboxylic acids is 4. The second kappa shape index (κ2) is 13.1. The number of nitrogens with zero attached hydrogens (tertiary/aromatic N) is 1. The molecule has 1 heterocycles. The second-order valence-corrected chi connectivity index (χ2v) is 8.65. The van der Waals surface area contributed by atoms with Crippen LogP contribution >= 0.6 is 0 Å². The molecule has 8 N–H and O–H groups in total. The van der Waals surface area contributed by atoms with Gasteiger partial charge in [-0.25, -0.2) is 0 Å². The van der Waals surface area contributed by atoms with Gasteiger partial charge in [0.05, 0.1) is 0 Å². The van der Waals surface area contributed by atoms with Gasteiger partial charge in [-0.2, -0.15) is 0 Å². The van der Waals surface area contributed by atoms with Gasteiger partial charge < -0.3 is 32.3 Å². The van der Waals surface area contributed by atoms with Crippen molar-refractivity contribution in [3.63, 3.8) is 0 Å². The van der Waals surface area contributed by atoms with Crippen LogP contribution in [0.15, 0.2) is 79.1 Å². The average Bonchev–Trinajstić information content (AvgIpc) is 2.92. The molecule has 38 heavy (non-hydrogen) atoms. The Hall–Kier alpha value is -4.61. The summed E-state index contributed by atoms with van der Waals surface area (Å²) in [5.74, 6) is -4.07. The number of nitrogens with one attached hydrogen (secondary N) is 2. The number of aromatic nitrogens is 1. The van der Waals surface area contributed by atoms with Crippen LogP contribution in [0.2, 0.25) is 0 Å². The number of primary amides is 2. The fourth-order valence-electron chi connectivity index (χ4n) is 3.71. The molecule has 11 nitrogen and oxygen atoms in total. The first-order chi connectivity index (χ1) is 18.2. The first kappa shape index (κ1) is 28.0. The fraction of sp³-hybridized carbons (Fsp3) is 0.222. The van der Waals surface area contributed by atoms with Gasteiger partial charge in [0.2, 0.25) is 17.7 Å². The van der Waals surface area contributed by atoms with Crippen LogP contribution in [0.5, 0.6) is 0 Å². The van der Waals surface area contributed by atoms with Gasteiger partial charge in [-0.15, -0.1) is 0 Å². The molecule has 4 amide bonds. The predicted molar refractivity (Wildman–Crippen MR) is 138 cm³/mol. The molecule has 1 aromatic heterocycles. The van der Waals surface area contributed by atoms with Gasteiger partial charge in [-0.05, 0) is 28.3 Å². The zero-order chi connectivity index (χ0) is 27.7. The van der Waals surface area contributed by atoms with E-state index in [0.29, 0.717) is 5.56 Å². The largest absolute Gasteiger partial charge is 0.380 e. The molecule has 3 rings (SSSR count). The third-order valence-electron chi connectivity index (χ3n) is 5.82. The van der Waals surface area contributed by atoms with Crippen LogP contribution in [0.4, 0.5) is 0 Å². The van der Waals surface area contributed by atoms with Gasteiger partial charge in [0, 0.05) is 25.2 Å². The molecule has 0 saturated heterocycles. The highest BCUT2D eigenvalue weighted by atomic mass is 16.3. The zero-order valence-electron chi connectivity index (χ0n) is 20.4. The summed E-state index contributed by atoms with van der Waals surface area (Å²) in [6, 6.07) is 18.0. The van der Waals surface area contributed by atoms with Gasteiger partial charge in [0.25, 0.3) is 5.91 Å².